The molecule has 4 heteroatoms. The van der Waals surface area contributed by atoms with Crippen molar-refractivity contribution >= 4 is 11.7 Å². The first-order chi connectivity index (χ1) is 8.55. The van der Waals surface area contributed by atoms with Crippen LogP contribution in [0.1, 0.15) is 37.4 Å². The Hall–Kier alpha value is -1.42. The SMILES string of the molecule is CCC1(C(=O)Nc2cc(C)cc(C)n2)CCCN1. The molecule has 1 amide bonds. The number of rotatable bonds is 3. The molecule has 1 saturated heterocycles. The molecule has 0 aromatic carbocycles. The maximum atomic E-state index is 12.4. The number of pyridine rings is 1. The highest BCUT2D eigenvalue weighted by Crippen LogP contribution is 2.24. The Kier molecular flexibility index (Phi) is 3.66. The summed E-state index contributed by atoms with van der Waals surface area (Å²) in [5.74, 6) is 0.694. The van der Waals surface area contributed by atoms with Crippen LogP contribution in [0.5, 0.6) is 0 Å². The van der Waals surface area contributed by atoms with Crippen molar-refractivity contribution in [2.75, 3.05) is 11.9 Å². The fourth-order valence-electron chi connectivity index (χ4n) is 2.60. The van der Waals surface area contributed by atoms with Crippen LogP contribution in [0.25, 0.3) is 0 Å². The largest absolute Gasteiger partial charge is 0.309 e. The second kappa shape index (κ2) is 5.06. The van der Waals surface area contributed by atoms with Gasteiger partial charge in [-0.1, -0.05) is 6.92 Å². The van der Waals surface area contributed by atoms with Gasteiger partial charge in [-0.05, 0) is 57.4 Å². The van der Waals surface area contributed by atoms with Crippen LogP contribution < -0.4 is 10.6 Å². The third-order valence-electron chi connectivity index (χ3n) is 3.62. The molecule has 1 aliphatic heterocycles. The van der Waals surface area contributed by atoms with Gasteiger partial charge in [0.2, 0.25) is 5.91 Å². The third-order valence-corrected chi connectivity index (χ3v) is 3.62. The first-order valence-electron chi connectivity index (χ1n) is 6.57. The summed E-state index contributed by atoms with van der Waals surface area (Å²) in [7, 11) is 0. The number of hydrogen-bond donors (Lipinski definition) is 2. The predicted octanol–water partition coefficient (Wildman–Crippen LogP) is 2.17. The molecule has 2 rings (SSSR count). The molecular weight excluding hydrogens is 226 g/mol. The van der Waals surface area contributed by atoms with Gasteiger partial charge in [0.15, 0.2) is 0 Å². The first-order valence-corrected chi connectivity index (χ1v) is 6.57. The van der Waals surface area contributed by atoms with Gasteiger partial charge in [0, 0.05) is 5.69 Å². The Bertz CT molecular complexity index is 430. The van der Waals surface area contributed by atoms with Gasteiger partial charge >= 0.3 is 0 Å². The Morgan fingerprint density at radius 1 is 1.50 bits per heavy atom. The normalized spacial score (nSPS) is 23.1. The van der Waals surface area contributed by atoms with Crippen molar-refractivity contribution in [3.05, 3.63) is 23.4 Å². The molecule has 1 aromatic heterocycles. The van der Waals surface area contributed by atoms with Gasteiger partial charge in [-0.2, -0.15) is 0 Å². The molecule has 1 aliphatic rings. The van der Waals surface area contributed by atoms with Gasteiger partial charge in [-0.15, -0.1) is 0 Å². The van der Waals surface area contributed by atoms with E-state index in [2.05, 4.69) is 15.6 Å². The highest BCUT2D eigenvalue weighted by Gasteiger charge is 2.39. The van der Waals surface area contributed by atoms with Crippen molar-refractivity contribution in [1.82, 2.24) is 10.3 Å². The standard InChI is InChI=1S/C14H21N3O/c1-4-14(6-5-7-15-14)13(18)17-12-9-10(2)8-11(3)16-12/h8-9,15H,4-7H2,1-3H3,(H,16,17,18). The number of carbonyl (C=O) groups excluding carboxylic acids is 1. The molecule has 0 radical (unpaired) electrons. The van der Waals surface area contributed by atoms with E-state index < -0.39 is 5.54 Å². The summed E-state index contributed by atoms with van der Waals surface area (Å²) in [5.41, 5.74) is 1.64. The number of anilines is 1. The number of aromatic nitrogens is 1. The van der Waals surface area contributed by atoms with Gasteiger partial charge in [0.1, 0.15) is 5.82 Å². The fourth-order valence-corrected chi connectivity index (χ4v) is 2.60. The molecule has 0 aliphatic carbocycles. The summed E-state index contributed by atoms with van der Waals surface area (Å²) in [6, 6.07) is 3.91. The van der Waals surface area contributed by atoms with E-state index in [-0.39, 0.29) is 5.91 Å². The molecule has 0 spiro atoms. The van der Waals surface area contributed by atoms with Gasteiger partial charge in [0.05, 0.1) is 5.54 Å². The molecular formula is C14H21N3O. The van der Waals surface area contributed by atoms with Crippen molar-refractivity contribution in [2.45, 2.75) is 45.6 Å². The molecule has 4 nitrogen and oxygen atoms in total. The zero-order chi connectivity index (χ0) is 13.2. The van der Waals surface area contributed by atoms with Crippen molar-refractivity contribution in [2.24, 2.45) is 0 Å². The average Bonchev–Trinajstić information content (AvgIpc) is 2.77. The second-order valence-corrected chi connectivity index (χ2v) is 5.09. The summed E-state index contributed by atoms with van der Waals surface area (Å²) in [4.78, 5) is 16.7. The summed E-state index contributed by atoms with van der Waals surface area (Å²) in [6.07, 6.45) is 2.77. The van der Waals surface area contributed by atoms with Crippen LogP contribution in [-0.4, -0.2) is 23.0 Å². The molecule has 1 aromatic rings. The van der Waals surface area contributed by atoms with Crippen molar-refractivity contribution in [1.29, 1.82) is 0 Å². The van der Waals surface area contributed by atoms with Crippen molar-refractivity contribution in [3.8, 4) is 0 Å². The zero-order valence-electron chi connectivity index (χ0n) is 11.3. The zero-order valence-corrected chi connectivity index (χ0v) is 11.3. The summed E-state index contributed by atoms with van der Waals surface area (Å²) in [5, 5.41) is 6.27. The first kappa shape index (κ1) is 13.0. The third kappa shape index (κ3) is 2.53. The number of nitrogens with one attached hydrogen (secondary N) is 2. The van der Waals surface area contributed by atoms with E-state index in [4.69, 9.17) is 0 Å². The minimum Gasteiger partial charge on any atom is -0.309 e. The number of aryl methyl sites for hydroxylation is 2. The Labute approximate surface area is 108 Å². The lowest BCUT2D eigenvalue weighted by molar-refractivity contribution is -0.122. The van der Waals surface area contributed by atoms with E-state index in [1.54, 1.807) is 0 Å². The van der Waals surface area contributed by atoms with Gasteiger partial charge < -0.3 is 10.6 Å². The summed E-state index contributed by atoms with van der Waals surface area (Å²) in [6.45, 7) is 6.91. The van der Waals surface area contributed by atoms with Gasteiger partial charge in [-0.25, -0.2) is 4.98 Å². The molecule has 1 fully saturated rings. The highest BCUT2D eigenvalue weighted by atomic mass is 16.2. The lowest BCUT2D eigenvalue weighted by Gasteiger charge is -2.26. The second-order valence-electron chi connectivity index (χ2n) is 5.09. The van der Waals surface area contributed by atoms with Crippen LogP contribution in [-0.2, 0) is 4.79 Å². The van der Waals surface area contributed by atoms with E-state index in [1.807, 2.05) is 32.9 Å². The quantitative estimate of drug-likeness (QED) is 0.860. The Morgan fingerprint density at radius 2 is 2.28 bits per heavy atom. The van der Waals surface area contributed by atoms with Crippen molar-refractivity contribution < 1.29 is 4.79 Å². The number of hydrogen-bond acceptors (Lipinski definition) is 3. The van der Waals surface area contributed by atoms with E-state index in [0.717, 1.165) is 37.1 Å². The minimum atomic E-state index is -0.403. The highest BCUT2D eigenvalue weighted by molar-refractivity contribution is 5.97. The molecule has 2 heterocycles. The average molecular weight is 247 g/mol. The minimum absolute atomic E-state index is 0.0417. The fraction of sp³-hybridized carbons (Fsp3) is 0.571. The maximum Gasteiger partial charge on any atom is 0.245 e. The topological polar surface area (TPSA) is 54.0 Å². The van der Waals surface area contributed by atoms with Crippen LogP contribution in [0, 0.1) is 13.8 Å². The van der Waals surface area contributed by atoms with Crippen LogP contribution in [0.2, 0.25) is 0 Å². The molecule has 1 atom stereocenters. The molecule has 0 bridgehead atoms. The molecule has 18 heavy (non-hydrogen) atoms. The van der Waals surface area contributed by atoms with Crippen LogP contribution >= 0.6 is 0 Å². The van der Waals surface area contributed by atoms with Gasteiger partial charge in [-0.3, -0.25) is 4.79 Å². The van der Waals surface area contributed by atoms with E-state index in [0.29, 0.717) is 5.82 Å². The van der Waals surface area contributed by atoms with E-state index in [1.165, 1.54) is 0 Å². The smallest absolute Gasteiger partial charge is 0.245 e. The van der Waals surface area contributed by atoms with Crippen LogP contribution in [0.4, 0.5) is 5.82 Å². The lowest BCUT2D eigenvalue weighted by atomic mass is 9.93. The molecule has 98 valence electrons. The number of amides is 1. The lowest BCUT2D eigenvalue weighted by Crippen LogP contribution is -2.50. The summed E-state index contributed by atoms with van der Waals surface area (Å²) >= 11 is 0. The van der Waals surface area contributed by atoms with Crippen LogP contribution in [0.15, 0.2) is 12.1 Å². The molecule has 1 unspecified atom stereocenters. The van der Waals surface area contributed by atoms with E-state index >= 15 is 0 Å². The molecule has 0 saturated carbocycles. The predicted molar refractivity (Wildman–Crippen MR) is 72.6 cm³/mol. The van der Waals surface area contributed by atoms with Crippen molar-refractivity contribution in [3.63, 3.8) is 0 Å². The molecule has 2 N–H and O–H groups in total. The van der Waals surface area contributed by atoms with Crippen LogP contribution in [0.3, 0.4) is 0 Å². The number of nitrogens with zero attached hydrogens (tertiary/aromatic N) is 1. The van der Waals surface area contributed by atoms with Gasteiger partial charge in [0.25, 0.3) is 0 Å². The maximum absolute atomic E-state index is 12.4. The Morgan fingerprint density at radius 3 is 2.83 bits per heavy atom. The number of carbonyl (C=O) groups is 1. The Balaban J connectivity index is 2.15. The van der Waals surface area contributed by atoms with E-state index in [9.17, 15) is 4.79 Å². The summed E-state index contributed by atoms with van der Waals surface area (Å²) < 4.78 is 0. The monoisotopic (exact) mass is 247 g/mol.